The maximum absolute atomic E-state index is 10.7. The molecule has 0 heterocycles. The minimum Gasteiger partial charge on any atom is -0.298 e. The summed E-state index contributed by atoms with van der Waals surface area (Å²) in [7, 11) is 0. The lowest BCUT2D eigenvalue weighted by molar-refractivity contribution is -0.104. The van der Waals surface area contributed by atoms with Crippen molar-refractivity contribution in [2.75, 3.05) is 0 Å². The molecular formula is C15H22O. The van der Waals surface area contributed by atoms with Gasteiger partial charge in [0.25, 0.3) is 0 Å². The van der Waals surface area contributed by atoms with E-state index in [0.717, 1.165) is 23.7 Å². The molecule has 1 heteroatoms. The van der Waals surface area contributed by atoms with Gasteiger partial charge in [-0.25, -0.2) is 0 Å². The van der Waals surface area contributed by atoms with Gasteiger partial charge < -0.3 is 0 Å². The first-order valence-corrected chi connectivity index (χ1v) is 6.44. The van der Waals surface area contributed by atoms with Gasteiger partial charge in [-0.3, -0.25) is 4.79 Å². The largest absolute Gasteiger partial charge is 0.298 e. The van der Waals surface area contributed by atoms with Crippen LogP contribution in [0.25, 0.3) is 0 Å². The van der Waals surface area contributed by atoms with Gasteiger partial charge in [0, 0.05) is 0 Å². The van der Waals surface area contributed by atoms with Crippen LogP contribution in [0.5, 0.6) is 0 Å². The SMILES string of the molecule is CC1=C2C[C@H](/C=C(\C)C=O)C[C@@H](C)[C@H]2CC1. The summed E-state index contributed by atoms with van der Waals surface area (Å²) in [5.41, 5.74) is 4.23. The lowest BCUT2D eigenvalue weighted by Crippen LogP contribution is -2.22. The highest BCUT2D eigenvalue weighted by Gasteiger charge is 2.34. The second-order valence-electron chi connectivity index (χ2n) is 5.66. The van der Waals surface area contributed by atoms with Gasteiger partial charge in [0.15, 0.2) is 0 Å². The average molecular weight is 218 g/mol. The van der Waals surface area contributed by atoms with Crippen molar-refractivity contribution in [3.8, 4) is 0 Å². The van der Waals surface area contributed by atoms with Gasteiger partial charge in [0.05, 0.1) is 0 Å². The minimum absolute atomic E-state index is 0.597. The molecule has 0 unspecified atom stereocenters. The molecule has 1 nitrogen and oxygen atoms in total. The van der Waals surface area contributed by atoms with Gasteiger partial charge in [0.1, 0.15) is 6.29 Å². The van der Waals surface area contributed by atoms with Crippen LogP contribution in [0, 0.1) is 17.8 Å². The van der Waals surface area contributed by atoms with E-state index in [-0.39, 0.29) is 0 Å². The Bertz CT molecular complexity index is 348. The van der Waals surface area contributed by atoms with Crippen molar-refractivity contribution < 1.29 is 4.79 Å². The summed E-state index contributed by atoms with van der Waals surface area (Å²) < 4.78 is 0. The van der Waals surface area contributed by atoms with Crippen molar-refractivity contribution in [3.05, 3.63) is 22.8 Å². The molecule has 2 rings (SSSR count). The summed E-state index contributed by atoms with van der Waals surface area (Å²) in [5, 5.41) is 0. The van der Waals surface area contributed by atoms with Crippen LogP contribution in [-0.2, 0) is 4.79 Å². The second-order valence-corrected chi connectivity index (χ2v) is 5.66. The van der Waals surface area contributed by atoms with Crippen molar-refractivity contribution in [1.29, 1.82) is 0 Å². The van der Waals surface area contributed by atoms with Crippen molar-refractivity contribution in [1.82, 2.24) is 0 Å². The van der Waals surface area contributed by atoms with E-state index < -0.39 is 0 Å². The molecule has 0 aromatic heterocycles. The molecule has 0 spiro atoms. The first-order valence-electron chi connectivity index (χ1n) is 6.44. The molecule has 2 aliphatic rings. The fourth-order valence-electron chi connectivity index (χ4n) is 3.52. The Morgan fingerprint density at radius 3 is 2.88 bits per heavy atom. The lowest BCUT2D eigenvalue weighted by Gasteiger charge is -2.33. The number of hydrogen-bond acceptors (Lipinski definition) is 1. The molecule has 0 amide bonds. The molecule has 0 N–H and O–H groups in total. The first-order chi connectivity index (χ1) is 7.61. The third-order valence-electron chi connectivity index (χ3n) is 4.35. The molecular weight excluding hydrogens is 196 g/mol. The number of carbonyl (C=O) groups excluding carboxylic acids is 1. The van der Waals surface area contributed by atoms with E-state index in [9.17, 15) is 4.79 Å². The second kappa shape index (κ2) is 4.57. The fourth-order valence-corrected chi connectivity index (χ4v) is 3.52. The van der Waals surface area contributed by atoms with Gasteiger partial charge in [-0.1, -0.05) is 24.1 Å². The van der Waals surface area contributed by atoms with Crippen LogP contribution in [-0.4, -0.2) is 6.29 Å². The standard InChI is InChI=1S/C15H22O/c1-10(9-16)6-13-7-12(3)14-5-4-11(2)15(14)8-13/h6,9,12-14H,4-5,7-8H2,1-3H3/b10-6+/t12-,13-,14-/m1/s1. The number of allylic oxidation sites excluding steroid dienone is 4. The summed E-state index contributed by atoms with van der Waals surface area (Å²) >= 11 is 0. The van der Waals surface area contributed by atoms with Gasteiger partial charge in [-0.05, 0) is 62.9 Å². The molecule has 0 aromatic carbocycles. The predicted molar refractivity (Wildman–Crippen MR) is 67.1 cm³/mol. The maximum atomic E-state index is 10.7. The normalized spacial score (nSPS) is 35.2. The molecule has 0 saturated heterocycles. The van der Waals surface area contributed by atoms with E-state index in [1.54, 1.807) is 11.1 Å². The zero-order chi connectivity index (χ0) is 11.7. The number of fused-ring (bicyclic) bond motifs is 1. The molecule has 0 aromatic rings. The van der Waals surface area contributed by atoms with E-state index in [2.05, 4.69) is 19.9 Å². The lowest BCUT2D eigenvalue weighted by atomic mass is 9.72. The summed E-state index contributed by atoms with van der Waals surface area (Å²) in [4.78, 5) is 10.7. The van der Waals surface area contributed by atoms with Gasteiger partial charge >= 0.3 is 0 Å². The Morgan fingerprint density at radius 1 is 1.44 bits per heavy atom. The highest BCUT2D eigenvalue weighted by molar-refractivity contribution is 5.72. The zero-order valence-electron chi connectivity index (χ0n) is 10.6. The van der Waals surface area contributed by atoms with E-state index in [0.29, 0.717) is 5.92 Å². The third kappa shape index (κ3) is 2.14. The zero-order valence-corrected chi connectivity index (χ0v) is 10.6. The maximum Gasteiger partial charge on any atom is 0.145 e. The van der Waals surface area contributed by atoms with E-state index in [1.165, 1.54) is 25.7 Å². The smallest absolute Gasteiger partial charge is 0.145 e. The fraction of sp³-hybridized carbons (Fsp3) is 0.667. The summed E-state index contributed by atoms with van der Waals surface area (Å²) in [6, 6.07) is 0. The van der Waals surface area contributed by atoms with E-state index in [1.807, 2.05) is 6.92 Å². The number of hydrogen-bond donors (Lipinski definition) is 0. The molecule has 2 aliphatic carbocycles. The summed E-state index contributed by atoms with van der Waals surface area (Å²) in [6.45, 7) is 6.58. The van der Waals surface area contributed by atoms with E-state index in [4.69, 9.17) is 0 Å². The van der Waals surface area contributed by atoms with Crippen molar-refractivity contribution in [3.63, 3.8) is 0 Å². The van der Waals surface area contributed by atoms with Crippen LogP contribution in [0.3, 0.4) is 0 Å². The van der Waals surface area contributed by atoms with E-state index >= 15 is 0 Å². The quantitative estimate of drug-likeness (QED) is 0.390. The van der Waals surface area contributed by atoms with Crippen molar-refractivity contribution in [2.45, 2.75) is 46.5 Å². The molecule has 0 aliphatic heterocycles. The molecule has 16 heavy (non-hydrogen) atoms. The Hall–Kier alpha value is -0.850. The Morgan fingerprint density at radius 2 is 2.19 bits per heavy atom. The number of carbonyl (C=O) groups is 1. The van der Waals surface area contributed by atoms with Crippen LogP contribution in [0.2, 0.25) is 0 Å². The molecule has 1 saturated carbocycles. The number of aldehydes is 1. The topological polar surface area (TPSA) is 17.1 Å². The molecule has 1 fully saturated rings. The van der Waals surface area contributed by atoms with Gasteiger partial charge in [-0.15, -0.1) is 0 Å². The van der Waals surface area contributed by atoms with Gasteiger partial charge in [0.2, 0.25) is 0 Å². The highest BCUT2D eigenvalue weighted by atomic mass is 16.1. The Labute approximate surface area is 98.6 Å². The van der Waals surface area contributed by atoms with Crippen LogP contribution in [0.1, 0.15) is 46.5 Å². The van der Waals surface area contributed by atoms with Crippen molar-refractivity contribution >= 4 is 6.29 Å². The monoisotopic (exact) mass is 218 g/mol. The van der Waals surface area contributed by atoms with Crippen LogP contribution >= 0.6 is 0 Å². The molecule has 0 bridgehead atoms. The van der Waals surface area contributed by atoms with Crippen LogP contribution in [0.15, 0.2) is 22.8 Å². The van der Waals surface area contributed by atoms with Crippen molar-refractivity contribution in [2.24, 2.45) is 17.8 Å². The summed E-state index contributed by atoms with van der Waals surface area (Å²) in [6.07, 6.45) is 8.28. The predicted octanol–water partition coefficient (Wildman–Crippen LogP) is 3.90. The van der Waals surface area contributed by atoms with Gasteiger partial charge in [-0.2, -0.15) is 0 Å². The van der Waals surface area contributed by atoms with Crippen LogP contribution < -0.4 is 0 Å². The molecule has 3 atom stereocenters. The summed E-state index contributed by atoms with van der Waals surface area (Å²) in [5.74, 6) is 2.24. The Balaban J connectivity index is 2.16. The number of rotatable bonds is 2. The van der Waals surface area contributed by atoms with Crippen LogP contribution in [0.4, 0.5) is 0 Å². The Kier molecular flexibility index (Phi) is 3.32. The third-order valence-corrected chi connectivity index (χ3v) is 4.35. The first kappa shape index (κ1) is 11.6. The molecule has 0 radical (unpaired) electrons. The average Bonchev–Trinajstić information content (AvgIpc) is 2.61. The minimum atomic E-state index is 0.597. The molecule has 88 valence electrons. The highest BCUT2D eigenvalue weighted by Crippen LogP contribution is 2.47.